The monoisotopic (exact) mass is 569 g/mol. The van der Waals surface area contributed by atoms with E-state index in [-0.39, 0.29) is 23.4 Å². The Balaban J connectivity index is 2.04. The zero-order valence-corrected chi connectivity index (χ0v) is 24.6. The number of hydrogen-bond acceptors (Lipinski definition) is 4. The molecule has 0 spiro atoms. The van der Waals surface area contributed by atoms with Crippen LogP contribution in [0.2, 0.25) is 5.02 Å². The van der Waals surface area contributed by atoms with Gasteiger partial charge < -0.3 is 10.2 Å². The molecule has 0 fully saturated rings. The van der Waals surface area contributed by atoms with Crippen LogP contribution in [0.5, 0.6) is 0 Å². The summed E-state index contributed by atoms with van der Waals surface area (Å²) in [5.74, 6) is -0.814. The number of aryl methyl sites for hydroxylation is 2. The van der Waals surface area contributed by atoms with Crippen LogP contribution < -0.4 is 9.62 Å². The zero-order chi connectivity index (χ0) is 28.7. The van der Waals surface area contributed by atoms with Crippen molar-refractivity contribution in [3.63, 3.8) is 0 Å². The van der Waals surface area contributed by atoms with Crippen molar-refractivity contribution in [1.29, 1.82) is 0 Å². The molecule has 208 valence electrons. The van der Waals surface area contributed by atoms with E-state index in [0.717, 1.165) is 27.4 Å². The molecule has 39 heavy (non-hydrogen) atoms. The van der Waals surface area contributed by atoms with Crippen molar-refractivity contribution in [2.75, 3.05) is 10.8 Å². The van der Waals surface area contributed by atoms with E-state index in [1.54, 1.807) is 61.5 Å². The number of rotatable bonds is 11. The van der Waals surface area contributed by atoms with E-state index >= 15 is 0 Å². The molecule has 1 N–H and O–H groups in total. The molecule has 0 aliphatic carbocycles. The standard InChI is InChI=1S/C30H36ClN3O4S/c1-6-23(4)32-30(36)24(5)33(19-25-12-14-26(31)15-13-25)29(35)20-34(27-17-21(2)16-22(3)18-27)39(37,38)28-10-8-7-9-11-28/h7-18,23-24H,6,19-20H2,1-5H3,(H,32,36). The largest absolute Gasteiger partial charge is 0.352 e. The van der Waals surface area contributed by atoms with Crippen molar-refractivity contribution in [2.45, 2.75) is 64.6 Å². The fraction of sp³-hybridized carbons (Fsp3) is 0.333. The lowest BCUT2D eigenvalue weighted by atomic mass is 10.1. The SMILES string of the molecule is CCC(C)NC(=O)C(C)N(Cc1ccc(Cl)cc1)C(=O)CN(c1cc(C)cc(C)c1)S(=O)(=O)c1ccccc1. The van der Waals surface area contributed by atoms with Crippen LogP contribution in [0.4, 0.5) is 5.69 Å². The van der Waals surface area contributed by atoms with E-state index in [2.05, 4.69) is 5.32 Å². The summed E-state index contributed by atoms with van der Waals surface area (Å²) in [5.41, 5.74) is 2.88. The molecule has 3 aromatic carbocycles. The van der Waals surface area contributed by atoms with E-state index in [1.165, 1.54) is 17.0 Å². The molecule has 2 atom stereocenters. The molecule has 2 unspecified atom stereocenters. The first-order valence-corrected chi connectivity index (χ1v) is 14.7. The fourth-order valence-electron chi connectivity index (χ4n) is 4.18. The highest BCUT2D eigenvalue weighted by atomic mass is 35.5. The highest BCUT2D eigenvalue weighted by Crippen LogP contribution is 2.26. The molecule has 2 amide bonds. The minimum atomic E-state index is -4.10. The van der Waals surface area contributed by atoms with Gasteiger partial charge in [-0.15, -0.1) is 0 Å². The van der Waals surface area contributed by atoms with Crippen LogP contribution in [-0.2, 0) is 26.2 Å². The number of carbonyl (C=O) groups excluding carboxylic acids is 2. The Morgan fingerprint density at radius 2 is 1.51 bits per heavy atom. The summed E-state index contributed by atoms with van der Waals surface area (Å²) in [6.07, 6.45) is 0.736. The van der Waals surface area contributed by atoms with E-state index in [1.807, 2.05) is 33.8 Å². The van der Waals surface area contributed by atoms with Gasteiger partial charge in [-0.05, 0) is 87.2 Å². The maximum Gasteiger partial charge on any atom is 0.264 e. The summed E-state index contributed by atoms with van der Waals surface area (Å²) in [5, 5.41) is 3.48. The summed E-state index contributed by atoms with van der Waals surface area (Å²) in [7, 11) is -4.10. The van der Waals surface area contributed by atoms with E-state index in [9.17, 15) is 18.0 Å². The van der Waals surface area contributed by atoms with Crippen LogP contribution >= 0.6 is 11.6 Å². The zero-order valence-electron chi connectivity index (χ0n) is 23.0. The van der Waals surface area contributed by atoms with Crippen molar-refractivity contribution in [3.05, 3.63) is 94.5 Å². The fourth-order valence-corrected chi connectivity index (χ4v) is 5.72. The molecule has 3 rings (SSSR count). The Hall–Kier alpha value is -3.36. The summed E-state index contributed by atoms with van der Waals surface area (Å²) in [6.45, 7) is 8.89. The number of amides is 2. The van der Waals surface area contributed by atoms with Gasteiger partial charge in [0.25, 0.3) is 10.0 Å². The molecule has 0 heterocycles. The third-order valence-corrected chi connectivity index (χ3v) is 8.58. The maximum absolute atomic E-state index is 14.0. The van der Waals surface area contributed by atoms with E-state index in [0.29, 0.717) is 10.7 Å². The third-order valence-electron chi connectivity index (χ3n) is 6.54. The average molecular weight is 570 g/mol. The Labute approximate surface area is 236 Å². The molecule has 0 aliphatic heterocycles. The van der Waals surface area contributed by atoms with Gasteiger partial charge in [-0.3, -0.25) is 13.9 Å². The topological polar surface area (TPSA) is 86.8 Å². The molecule has 0 radical (unpaired) electrons. The van der Waals surface area contributed by atoms with E-state index < -0.39 is 28.5 Å². The molecule has 0 saturated heterocycles. The summed E-state index contributed by atoms with van der Waals surface area (Å²) in [4.78, 5) is 28.6. The molecule has 9 heteroatoms. The number of carbonyl (C=O) groups is 2. The van der Waals surface area contributed by atoms with Gasteiger partial charge in [0.2, 0.25) is 11.8 Å². The number of halogens is 1. The van der Waals surface area contributed by atoms with Gasteiger partial charge in [-0.25, -0.2) is 8.42 Å². The number of sulfonamides is 1. The van der Waals surface area contributed by atoms with Gasteiger partial charge in [0.05, 0.1) is 10.6 Å². The van der Waals surface area contributed by atoms with Crippen molar-refractivity contribution in [3.8, 4) is 0 Å². The minimum Gasteiger partial charge on any atom is -0.352 e. The Morgan fingerprint density at radius 3 is 2.08 bits per heavy atom. The second kappa shape index (κ2) is 13.1. The summed E-state index contributed by atoms with van der Waals surface area (Å²) in [6, 6.07) is 19.5. The predicted octanol–water partition coefficient (Wildman–Crippen LogP) is 5.48. The van der Waals surface area contributed by atoms with Crippen LogP contribution in [-0.4, -0.2) is 43.8 Å². The average Bonchev–Trinajstić information content (AvgIpc) is 2.90. The molecule has 3 aromatic rings. The highest BCUT2D eigenvalue weighted by Gasteiger charge is 2.32. The van der Waals surface area contributed by atoms with Crippen LogP contribution in [0.1, 0.15) is 43.9 Å². The van der Waals surface area contributed by atoms with Gasteiger partial charge in [-0.1, -0.05) is 54.9 Å². The quantitative estimate of drug-likeness (QED) is 0.331. The second-order valence-corrected chi connectivity index (χ2v) is 12.1. The van der Waals surface area contributed by atoms with Crippen LogP contribution in [0.25, 0.3) is 0 Å². The van der Waals surface area contributed by atoms with E-state index in [4.69, 9.17) is 11.6 Å². The molecule has 7 nitrogen and oxygen atoms in total. The van der Waals surface area contributed by atoms with Crippen LogP contribution in [0.15, 0.2) is 77.7 Å². The molecular weight excluding hydrogens is 534 g/mol. The number of anilines is 1. The first-order chi connectivity index (χ1) is 18.4. The van der Waals surface area contributed by atoms with Gasteiger partial charge in [0.1, 0.15) is 12.6 Å². The predicted molar refractivity (Wildman–Crippen MR) is 156 cm³/mol. The lowest BCUT2D eigenvalue weighted by Crippen LogP contribution is -2.52. The number of benzene rings is 3. The Morgan fingerprint density at radius 1 is 0.923 bits per heavy atom. The lowest BCUT2D eigenvalue weighted by Gasteiger charge is -2.32. The summed E-state index contributed by atoms with van der Waals surface area (Å²) < 4.78 is 28.8. The maximum atomic E-state index is 14.0. The van der Waals surface area contributed by atoms with Crippen LogP contribution in [0, 0.1) is 13.8 Å². The normalized spacial score (nSPS) is 12.9. The molecule has 0 bridgehead atoms. The van der Waals surface area contributed by atoms with Crippen molar-refractivity contribution in [1.82, 2.24) is 10.2 Å². The summed E-state index contributed by atoms with van der Waals surface area (Å²) >= 11 is 6.05. The first-order valence-electron chi connectivity index (χ1n) is 12.9. The minimum absolute atomic E-state index is 0.0716. The second-order valence-electron chi connectivity index (χ2n) is 9.81. The van der Waals surface area contributed by atoms with Crippen molar-refractivity contribution < 1.29 is 18.0 Å². The molecule has 0 saturated carbocycles. The highest BCUT2D eigenvalue weighted by molar-refractivity contribution is 7.92. The van der Waals surface area contributed by atoms with Crippen molar-refractivity contribution in [2.24, 2.45) is 0 Å². The Kier molecular flexibility index (Phi) is 10.2. The molecular formula is C30H36ClN3O4S. The van der Waals surface area contributed by atoms with Gasteiger partial charge in [0.15, 0.2) is 0 Å². The number of hydrogen-bond donors (Lipinski definition) is 1. The lowest BCUT2D eigenvalue weighted by molar-refractivity contribution is -0.139. The molecule has 0 aromatic heterocycles. The van der Waals surface area contributed by atoms with Gasteiger partial charge in [-0.2, -0.15) is 0 Å². The van der Waals surface area contributed by atoms with Gasteiger partial charge >= 0.3 is 0 Å². The van der Waals surface area contributed by atoms with Crippen molar-refractivity contribution >= 4 is 39.1 Å². The molecule has 0 aliphatic rings. The third kappa shape index (κ3) is 7.83. The Bertz CT molecular complexity index is 1380. The number of nitrogens with zero attached hydrogens (tertiary/aromatic N) is 2. The smallest absolute Gasteiger partial charge is 0.264 e. The van der Waals surface area contributed by atoms with Crippen LogP contribution in [0.3, 0.4) is 0 Å². The first kappa shape index (κ1) is 30.2. The van der Waals surface area contributed by atoms with Gasteiger partial charge in [0, 0.05) is 17.6 Å². The number of nitrogens with one attached hydrogen (secondary N) is 1.